The van der Waals surface area contributed by atoms with Gasteiger partial charge in [0.2, 0.25) is 0 Å². The Labute approximate surface area is 99.0 Å². The number of hydrogen-bond acceptors (Lipinski definition) is 2. The second kappa shape index (κ2) is 15.4. The lowest BCUT2D eigenvalue weighted by molar-refractivity contribution is 1.19. The molecule has 0 saturated carbocycles. The van der Waals surface area contributed by atoms with E-state index >= 15 is 0 Å². The van der Waals surface area contributed by atoms with Crippen LogP contribution < -0.4 is 0 Å². The fourth-order valence-corrected chi connectivity index (χ4v) is 1.62. The van der Waals surface area contributed by atoms with Gasteiger partial charge < -0.3 is 0 Å². The van der Waals surface area contributed by atoms with Gasteiger partial charge in [-0.1, -0.05) is 45.1 Å². The smallest absolute Gasteiger partial charge is 0.0160 e. The summed E-state index contributed by atoms with van der Waals surface area (Å²) in [6, 6.07) is 0. The number of hydrogen-bond donors (Lipinski definition) is 1. The van der Waals surface area contributed by atoms with Crippen LogP contribution in [0.5, 0.6) is 0 Å². The fraction of sp³-hybridized carbons (Fsp3) is 0.500. The summed E-state index contributed by atoms with van der Waals surface area (Å²) in [5, 5.41) is 1.73. The molecule has 14 heavy (non-hydrogen) atoms. The maximum Gasteiger partial charge on any atom is 0.0160 e. The molecular weight excluding hydrogens is 208 g/mol. The molecule has 0 aromatic rings. The van der Waals surface area contributed by atoms with E-state index in [2.05, 4.69) is 38.6 Å². The molecule has 2 heteroatoms. The van der Waals surface area contributed by atoms with Crippen LogP contribution >= 0.6 is 24.4 Å². The maximum atomic E-state index is 3.95. The van der Waals surface area contributed by atoms with Gasteiger partial charge in [-0.2, -0.15) is 12.6 Å². The Hall–Kier alpha value is -0.0800. The predicted octanol–water partition coefficient (Wildman–Crippen LogP) is 5.06. The third-order valence-electron chi connectivity index (χ3n) is 1.37. The lowest BCUT2D eigenvalue weighted by Crippen LogP contribution is -1.74. The second-order valence-corrected chi connectivity index (χ2v) is 3.63. The maximum absolute atomic E-state index is 3.95. The van der Waals surface area contributed by atoms with Gasteiger partial charge in [0, 0.05) is 5.75 Å². The Morgan fingerprint density at radius 1 is 1.29 bits per heavy atom. The number of allylic oxidation sites excluding steroid dienone is 4. The van der Waals surface area contributed by atoms with E-state index in [0.29, 0.717) is 0 Å². The van der Waals surface area contributed by atoms with E-state index in [1.807, 2.05) is 37.8 Å². The third-order valence-corrected chi connectivity index (χ3v) is 2.80. The van der Waals surface area contributed by atoms with Gasteiger partial charge in [0.15, 0.2) is 0 Å². The highest BCUT2D eigenvalue weighted by Gasteiger charge is 1.89. The summed E-state index contributed by atoms with van der Waals surface area (Å²) in [6.07, 6.45) is 9.38. The lowest BCUT2D eigenvalue weighted by Gasteiger charge is -1.98. The lowest BCUT2D eigenvalue weighted by atomic mass is 10.4. The van der Waals surface area contributed by atoms with Crippen molar-refractivity contribution in [2.75, 3.05) is 5.75 Å². The van der Waals surface area contributed by atoms with Crippen LogP contribution in [0.2, 0.25) is 0 Å². The first-order valence-electron chi connectivity index (χ1n) is 5.09. The first-order valence-corrected chi connectivity index (χ1v) is 6.59. The van der Waals surface area contributed by atoms with Gasteiger partial charge in [0.05, 0.1) is 0 Å². The van der Waals surface area contributed by atoms with Gasteiger partial charge in [-0.05, 0) is 23.7 Å². The summed E-state index contributed by atoms with van der Waals surface area (Å²) in [6.45, 7) is 8.27. The molecule has 0 amide bonds. The van der Waals surface area contributed by atoms with Crippen LogP contribution in [0.3, 0.4) is 0 Å². The molecule has 0 spiro atoms. The zero-order chi connectivity index (χ0) is 11.2. The van der Waals surface area contributed by atoms with Gasteiger partial charge in [-0.15, -0.1) is 11.8 Å². The van der Waals surface area contributed by atoms with Crippen molar-refractivity contribution in [1.29, 1.82) is 0 Å². The van der Waals surface area contributed by atoms with Crippen LogP contribution in [0.15, 0.2) is 34.6 Å². The minimum absolute atomic E-state index is 1.05. The zero-order valence-electron chi connectivity index (χ0n) is 9.66. The average molecular weight is 230 g/mol. The molecule has 0 aromatic heterocycles. The van der Waals surface area contributed by atoms with Gasteiger partial charge in [0.1, 0.15) is 0 Å². The predicted molar refractivity (Wildman–Crippen MR) is 75.1 cm³/mol. The van der Waals surface area contributed by atoms with Gasteiger partial charge in [-0.3, -0.25) is 0 Å². The number of thioether (sulfide) groups is 1. The molecule has 0 bridgehead atoms. The molecule has 0 atom stereocenters. The monoisotopic (exact) mass is 230 g/mol. The molecule has 0 aliphatic heterocycles. The van der Waals surface area contributed by atoms with Crippen molar-refractivity contribution in [3.05, 3.63) is 34.6 Å². The summed E-state index contributed by atoms with van der Waals surface area (Å²) in [5.41, 5.74) is 0. The van der Waals surface area contributed by atoms with Crippen LogP contribution in [-0.2, 0) is 0 Å². The van der Waals surface area contributed by atoms with Crippen molar-refractivity contribution in [3.63, 3.8) is 0 Å². The van der Waals surface area contributed by atoms with E-state index < -0.39 is 0 Å². The molecular formula is C12H22S2. The quantitative estimate of drug-likeness (QED) is 0.509. The fourth-order valence-electron chi connectivity index (χ4n) is 0.728. The van der Waals surface area contributed by atoms with Crippen LogP contribution in [-0.4, -0.2) is 5.75 Å². The molecule has 82 valence electrons. The van der Waals surface area contributed by atoms with Crippen molar-refractivity contribution in [3.8, 4) is 0 Å². The Balaban J connectivity index is 0. The Bertz CT molecular complexity index is 179. The molecule has 0 N–H and O–H groups in total. The average Bonchev–Trinajstić information content (AvgIpc) is 2.26. The van der Waals surface area contributed by atoms with Crippen molar-refractivity contribution in [2.24, 2.45) is 0 Å². The molecule has 0 radical (unpaired) electrons. The zero-order valence-corrected chi connectivity index (χ0v) is 11.4. The molecule has 0 heterocycles. The molecule has 0 unspecified atom stereocenters. The number of thiol groups is 1. The summed E-state index contributed by atoms with van der Waals surface area (Å²) in [5.74, 6) is 1.05. The number of rotatable bonds is 5. The molecule has 0 nitrogen and oxygen atoms in total. The van der Waals surface area contributed by atoms with E-state index in [4.69, 9.17) is 0 Å². The first kappa shape index (κ1) is 16.4. The molecule has 0 aliphatic carbocycles. The van der Waals surface area contributed by atoms with Gasteiger partial charge >= 0.3 is 0 Å². The molecule has 0 aromatic carbocycles. The van der Waals surface area contributed by atoms with Crippen LogP contribution in [0.1, 0.15) is 34.1 Å². The normalized spacial score (nSPS) is 11.9. The minimum atomic E-state index is 1.05. The van der Waals surface area contributed by atoms with E-state index in [9.17, 15) is 0 Å². The first-order chi connectivity index (χ1) is 6.85. The highest BCUT2D eigenvalue weighted by atomic mass is 32.2. The Kier molecular flexibility index (Phi) is 18.0. The van der Waals surface area contributed by atoms with Crippen LogP contribution in [0.4, 0.5) is 0 Å². The van der Waals surface area contributed by atoms with Gasteiger partial charge in [0.25, 0.3) is 0 Å². The van der Waals surface area contributed by atoms with Crippen molar-refractivity contribution in [2.45, 2.75) is 34.1 Å². The topological polar surface area (TPSA) is 0 Å². The summed E-state index contributed by atoms with van der Waals surface area (Å²) in [7, 11) is 0. The highest BCUT2D eigenvalue weighted by molar-refractivity contribution is 8.03. The third kappa shape index (κ3) is 11.9. The van der Waals surface area contributed by atoms with Crippen molar-refractivity contribution in [1.82, 2.24) is 0 Å². The molecule has 0 rings (SSSR count). The summed E-state index contributed by atoms with van der Waals surface area (Å²) >= 11 is 5.84. The SMILES string of the molecule is C/C=C(/CC)SC/C=C/C=C\S.CC. The Morgan fingerprint density at radius 2 is 1.93 bits per heavy atom. The van der Waals surface area contributed by atoms with E-state index in [0.717, 1.165) is 12.2 Å². The molecule has 0 fully saturated rings. The van der Waals surface area contributed by atoms with Crippen LogP contribution in [0, 0.1) is 0 Å². The minimum Gasteiger partial charge on any atom is -0.151 e. The van der Waals surface area contributed by atoms with Crippen molar-refractivity contribution >= 4 is 24.4 Å². The van der Waals surface area contributed by atoms with Crippen molar-refractivity contribution < 1.29 is 0 Å². The molecule has 0 saturated heterocycles. The van der Waals surface area contributed by atoms with E-state index in [-0.39, 0.29) is 0 Å². The second-order valence-electron chi connectivity index (χ2n) is 2.19. The summed E-state index contributed by atoms with van der Waals surface area (Å²) < 4.78 is 0. The Morgan fingerprint density at radius 3 is 2.36 bits per heavy atom. The largest absolute Gasteiger partial charge is 0.151 e. The van der Waals surface area contributed by atoms with Crippen LogP contribution in [0.25, 0.3) is 0 Å². The van der Waals surface area contributed by atoms with E-state index in [1.165, 1.54) is 4.91 Å². The summed E-state index contributed by atoms with van der Waals surface area (Å²) in [4.78, 5) is 1.45. The molecule has 0 aliphatic rings. The van der Waals surface area contributed by atoms with Gasteiger partial charge in [-0.25, -0.2) is 0 Å². The standard InChI is InChI=1S/C10H16S2.C2H6/c1-3-10(4-2)12-9-7-5-6-8-11;1-2/h3,5-8,11H,4,9H2,1-2H3;1-2H3/b7-5+,8-6-,10-3-;. The van der Waals surface area contributed by atoms with E-state index in [1.54, 1.807) is 5.41 Å². The highest BCUT2D eigenvalue weighted by Crippen LogP contribution is 2.18.